The monoisotopic (exact) mass is 181 g/mol. The van der Waals surface area contributed by atoms with Crippen molar-refractivity contribution in [2.24, 2.45) is 0 Å². The van der Waals surface area contributed by atoms with Gasteiger partial charge in [0.05, 0.1) is 11.6 Å². The Bertz CT molecular complexity index is 248. The second kappa shape index (κ2) is 6.24. The van der Waals surface area contributed by atoms with Crippen LogP contribution in [0.25, 0.3) is 0 Å². The molecule has 3 nitrogen and oxygen atoms in total. The van der Waals surface area contributed by atoms with Crippen LogP contribution in [0.5, 0.6) is 0 Å². The van der Waals surface area contributed by atoms with Gasteiger partial charge in [-0.05, 0) is 19.3 Å². The van der Waals surface area contributed by atoms with Crippen LogP contribution < -0.4 is 0 Å². The number of nitrogens with zero attached hydrogens (tertiary/aromatic N) is 1. The minimum absolute atomic E-state index is 0.284. The number of allylic oxidation sites excluding steroid dienone is 1. The van der Waals surface area contributed by atoms with Gasteiger partial charge in [-0.15, -0.1) is 0 Å². The van der Waals surface area contributed by atoms with Crippen LogP contribution in [0.2, 0.25) is 0 Å². The van der Waals surface area contributed by atoms with Gasteiger partial charge in [0.25, 0.3) is 0 Å². The summed E-state index contributed by atoms with van der Waals surface area (Å²) in [7, 11) is 0. The molecule has 0 saturated heterocycles. The zero-order valence-electron chi connectivity index (χ0n) is 8.13. The number of carboxylic acids is 1. The van der Waals surface area contributed by atoms with Crippen LogP contribution in [0, 0.1) is 11.3 Å². The quantitative estimate of drug-likeness (QED) is 0.523. The number of unbranched alkanes of at least 4 members (excludes halogenated alkanes) is 1. The maximum Gasteiger partial charge on any atom is 0.332 e. The molecule has 0 aromatic rings. The number of carboxylic acid groups (broad SMARTS) is 1. The zero-order chi connectivity index (χ0) is 10.3. The molecule has 0 aliphatic rings. The first kappa shape index (κ1) is 11.7. The molecule has 0 amide bonds. The SMILES string of the molecule is CCCCC(C(=O)O)=C(C#N)CC. The van der Waals surface area contributed by atoms with Crippen molar-refractivity contribution in [2.45, 2.75) is 39.5 Å². The van der Waals surface area contributed by atoms with Crippen molar-refractivity contribution in [1.29, 1.82) is 5.26 Å². The predicted molar refractivity (Wildman–Crippen MR) is 50.1 cm³/mol. The largest absolute Gasteiger partial charge is 0.478 e. The normalized spacial score (nSPS) is 11.8. The highest BCUT2D eigenvalue weighted by Crippen LogP contribution is 2.15. The molecule has 0 aliphatic carbocycles. The molecule has 72 valence electrons. The van der Waals surface area contributed by atoms with E-state index in [-0.39, 0.29) is 5.57 Å². The number of carbonyl (C=O) groups is 1. The van der Waals surface area contributed by atoms with Gasteiger partial charge in [-0.3, -0.25) is 0 Å². The van der Waals surface area contributed by atoms with Crippen molar-refractivity contribution < 1.29 is 9.90 Å². The first-order chi connectivity index (χ1) is 6.17. The molecule has 0 aliphatic heterocycles. The lowest BCUT2D eigenvalue weighted by atomic mass is 10.0. The Hall–Kier alpha value is -1.30. The van der Waals surface area contributed by atoms with Crippen LogP contribution in [0.4, 0.5) is 0 Å². The van der Waals surface area contributed by atoms with Crippen molar-refractivity contribution in [3.05, 3.63) is 11.1 Å². The Morgan fingerprint density at radius 1 is 1.46 bits per heavy atom. The van der Waals surface area contributed by atoms with Crippen molar-refractivity contribution >= 4 is 5.97 Å². The first-order valence-electron chi connectivity index (χ1n) is 4.52. The Kier molecular flexibility index (Phi) is 5.62. The molecule has 0 rings (SSSR count). The van der Waals surface area contributed by atoms with Gasteiger partial charge in [-0.1, -0.05) is 20.3 Å². The van der Waals surface area contributed by atoms with E-state index in [1.165, 1.54) is 0 Å². The second-order valence-corrected chi connectivity index (χ2v) is 2.83. The van der Waals surface area contributed by atoms with E-state index < -0.39 is 5.97 Å². The third kappa shape index (κ3) is 3.75. The number of hydrogen-bond donors (Lipinski definition) is 1. The van der Waals surface area contributed by atoms with Crippen LogP contribution in [0.1, 0.15) is 39.5 Å². The molecule has 3 heteroatoms. The maximum atomic E-state index is 10.8. The van der Waals surface area contributed by atoms with Crippen molar-refractivity contribution in [1.82, 2.24) is 0 Å². The minimum atomic E-state index is -0.952. The zero-order valence-corrected chi connectivity index (χ0v) is 8.13. The highest BCUT2D eigenvalue weighted by molar-refractivity contribution is 5.88. The summed E-state index contributed by atoms with van der Waals surface area (Å²) in [6, 6.07) is 1.94. The maximum absolute atomic E-state index is 10.8. The van der Waals surface area contributed by atoms with E-state index >= 15 is 0 Å². The third-order valence-electron chi connectivity index (χ3n) is 1.89. The molecule has 0 radical (unpaired) electrons. The van der Waals surface area contributed by atoms with Gasteiger partial charge >= 0.3 is 5.97 Å². The Labute approximate surface area is 78.7 Å². The lowest BCUT2D eigenvalue weighted by molar-refractivity contribution is -0.132. The Morgan fingerprint density at radius 2 is 2.08 bits per heavy atom. The summed E-state index contributed by atoms with van der Waals surface area (Å²) in [6.45, 7) is 3.80. The molecule has 0 fully saturated rings. The number of hydrogen-bond acceptors (Lipinski definition) is 2. The predicted octanol–water partition coefficient (Wildman–Crippen LogP) is 2.49. The van der Waals surface area contributed by atoms with E-state index in [0.29, 0.717) is 18.4 Å². The number of nitriles is 1. The molecule has 0 saturated carbocycles. The molecular formula is C10H15NO2. The summed E-state index contributed by atoms with van der Waals surface area (Å²) in [5.41, 5.74) is 0.688. The fourth-order valence-corrected chi connectivity index (χ4v) is 1.10. The first-order valence-corrected chi connectivity index (χ1v) is 4.52. The van der Waals surface area contributed by atoms with Gasteiger partial charge in [-0.25, -0.2) is 4.79 Å². The van der Waals surface area contributed by atoms with Crippen LogP contribution in [-0.2, 0) is 4.79 Å². The summed E-state index contributed by atoms with van der Waals surface area (Å²) in [5, 5.41) is 17.5. The van der Waals surface area contributed by atoms with Gasteiger partial charge < -0.3 is 5.11 Å². The van der Waals surface area contributed by atoms with Crippen molar-refractivity contribution in [3.63, 3.8) is 0 Å². The molecule has 1 N–H and O–H groups in total. The molecule has 0 aromatic carbocycles. The number of aliphatic carboxylic acids is 1. The van der Waals surface area contributed by atoms with Gasteiger partial charge in [0.1, 0.15) is 0 Å². The fraction of sp³-hybridized carbons (Fsp3) is 0.600. The van der Waals surface area contributed by atoms with E-state index in [2.05, 4.69) is 0 Å². The fourth-order valence-electron chi connectivity index (χ4n) is 1.10. The molecule has 13 heavy (non-hydrogen) atoms. The summed E-state index contributed by atoms with van der Waals surface area (Å²) < 4.78 is 0. The lowest BCUT2D eigenvalue weighted by Crippen LogP contribution is -2.04. The Morgan fingerprint density at radius 3 is 2.38 bits per heavy atom. The summed E-state index contributed by atoms with van der Waals surface area (Å²) in [6.07, 6.45) is 2.77. The smallest absolute Gasteiger partial charge is 0.332 e. The van der Waals surface area contributed by atoms with Crippen LogP contribution in [0.15, 0.2) is 11.1 Å². The third-order valence-corrected chi connectivity index (χ3v) is 1.89. The van der Waals surface area contributed by atoms with E-state index in [4.69, 9.17) is 10.4 Å². The van der Waals surface area contributed by atoms with Gasteiger partial charge in [0, 0.05) is 5.57 Å². The average molecular weight is 181 g/mol. The second-order valence-electron chi connectivity index (χ2n) is 2.83. The summed E-state index contributed by atoms with van der Waals surface area (Å²) >= 11 is 0. The van der Waals surface area contributed by atoms with E-state index in [9.17, 15) is 4.79 Å². The molecule has 0 spiro atoms. The highest BCUT2D eigenvalue weighted by Gasteiger charge is 2.11. The van der Waals surface area contributed by atoms with E-state index in [0.717, 1.165) is 12.8 Å². The lowest BCUT2D eigenvalue weighted by Gasteiger charge is -2.02. The van der Waals surface area contributed by atoms with Crippen LogP contribution in [0.3, 0.4) is 0 Å². The molecule has 0 bridgehead atoms. The van der Waals surface area contributed by atoms with Gasteiger partial charge in [-0.2, -0.15) is 5.26 Å². The average Bonchev–Trinajstić information content (AvgIpc) is 2.11. The molecule has 0 atom stereocenters. The van der Waals surface area contributed by atoms with Crippen molar-refractivity contribution in [2.75, 3.05) is 0 Å². The standard InChI is InChI=1S/C10H15NO2/c1-3-5-6-9(10(12)13)8(4-2)7-11/h3-6H2,1-2H3,(H,12,13). The van der Waals surface area contributed by atoms with E-state index in [1.54, 1.807) is 6.92 Å². The summed E-state index contributed by atoms with van der Waals surface area (Å²) in [4.78, 5) is 10.8. The minimum Gasteiger partial charge on any atom is -0.478 e. The van der Waals surface area contributed by atoms with Crippen LogP contribution in [-0.4, -0.2) is 11.1 Å². The number of rotatable bonds is 5. The van der Waals surface area contributed by atoms with Crippen LogP contribution >= 0.6 is 0 Å². The van der Waals surface area contributed by atoms with Crippen molar-refractivity contribution in [3.8, 4) is 6.07 Å². The molecule has 0 aromatic heterocycles. The Balaban J connectivity index is 4.67. The van der Waals surface area contributed by atoms with E-state index in [1.807, 2.05) is 13.0 Å². The molecule has 0 heterocycles. The topological polar surface area (TPSA) is 61.1 Å². The van der Waals surface area contributed by atoms with Gasteiger partial charge in [0.2, 0.25) is 0 Å². The highest BCUT2D eigenvalue weighted by atomic mass is 16.4. The molecule has 0 unspecified atom stereocenters. The van der Waals surface area contributed by atoms with Gasteiger partial charge in [0.15, 0.2) is 0 Å². The summed E-state index contributed by atoms with van der Waals surface area (Å²) in [5.74, 6) is -0.952. The molecular weight excluding hydrogens is 166 g/mol.